The van der Waals surface area contributed by atoms with E-state index in [0.29, 0.717) is 12.5 Å². The van der Waals surface area contributed by atoms with Crippen LogP contribution in [0.1, 0.15) is 38.5 Å². The van der Waals surface area contributed by atoms with Crippen molar-refractivity contribution in [3.05, 3.63) is 0 Å². The van der Waals surface area contributed by atoms with Gasteiger partial charge in [0.1, 0.15) is 0 Å². The van der Waals surface area contributed by atoms with Crippen molar-refractivity contribution in [1.29, 1.82) is 0 Å². The normalized spacial score (nSPS) is 17.5. The lowest BCUT2D eigenvalue weighted by Crippen LogP contribution is -2.37. The highest BCUT2D eigenvalue weighted by Crippen LogP contribution is 2.23. The lowest BCUT2D eigenvalue weighted by molar-refractivity contribution is -0.118. The zero-order valence-corrected chi connectivity index (χ0v) is 9.45. The molecule has 4 N–H and O–H groups in total. The third-order valence-electron chi connectivity index (χ3n) is 3.14. The largest absolute Gasteiger partial charge is 0.370 e. The topological polar surface area (TPSA) is 72.3 Å². The number of carbonyl (C=O) groups excluding carboxylic acids is 1. The van der Waals surface area contributed by atoms with Crippen LogP contribution in [0.15, 0.2) is 0 Å². The van der Waals surface area contributed by atoms with E-state index in [9.17, 15) is 4.79 Å². The number of amides is 1. The molecule has 1 aliphatic carbocycles. The van der Waals surface area contributed by atoms with Crippen molar-refractivity contribution in [3.63, 3.8) is 0 Å². The molecule has 0 heterocycles. The van der Waals surface area contributed by atoms with Gasteiger partial charge in [-0.2, -0.15) is 0 Å². The Kier molecular flexibility index (Phi) is 5.65. The smallest absolute Gasteiger partial charge is 0.218 e. The molecule has 15 heavy (non-hydrogen) atoms. The first kappa shape index (κ1) is 12.5. The van der Waals surface area contributed by atoms with E-state index in [1.54, 1.807) is 0 Å². The highest BCUT2D eigenvalue weighted by atomic mass is 16.1. The number of hydrogen-bond acceptors (Lipinski definition) is 3. The van der Waals surface area contributed by atoms with Crippen LogP contribution in [0.5, 0.6) is 0 Å². The van der Waals surface area contributed by atoms with Crippen molar-refractivity contribution in [1.82, 2.24) is 4.90 Å². The van der Waals surface area contributed by atoms with Crippen LogP contribution in [-0.2, 0) is 4.79 Å². The summed E-state index contributed by atoms with van der Waals surface area (Å²) in [5.41, 5.74) is 10.7. The van der Waals surface area contributed by atoms with Crippen LogP contribution in [-0.4, -0.2) is 36.5 Å². The maximum absolute atomic E-state index is 10.8. The molecule has 0 radical (unpaired) electrons. The van der Waals surface area contributed by atoms with Crippen LogP contribution in [0, 0.1) is 0 Å². The molecule has 0 atom stereocenters. The van der Waals surface area contributed by atoms with Gasteiger partial charge < -0.3 is 11.5 Å². The Morgan fingerprint density at radius 2 is 1.93 bits per heavy atom. The van der Waals surface area contributed by atoms with Crippen LogP contribution in [0.25, 0.3) is 0 Å². The molecule has 88 valence electrons. The summed E-state index contributed by atoms with van der Waals surface area (Å²) in [6.07, 6.45) is 6.66. The van der Waals surface area contributed by atoms with Gasteiger partial charge in [-0.05, 0) is 32.4 Å². The molecular formula is C11H23N3O. The van der Waals surface area contributed by atoms with Gasteiger partial charge in [0, 0.05) is 19.0 Å². The minimum atomic E-state index is -0.203. The summed E-state index contributed by atoms with van der Waals surface area (Å²) < 4.78 is 0. The van der Waals surface area contributed by atoms with Crippen LogP contribution in [0.4, 0.5) is 0 Å². The molecule has 1 amide bonds. The highest BCUT2D eigenvalue weighted by Gasteiger charge is 2.21. The van der Waals surface area contributed by atoms with Crippen LogP contribution in [0.3, 0.4) is 0 Å². The van der Waals surface area contributed by atoms with Crippen molar-refractivity contribution in [2.75, 3.05) is 19.6 Å². The van der Waals surface area contributed by atoms with Gasteiger partial charge in [0.25, 0.3) is 0 Å². The summed E-state index contributed by atoms with van der Waals surface area (Å²) in [5, 5.41) is 0. The fraction of sp³-hybridized carbons (Fsp3) is 0.909. The molecule has 1 saturated carbocycles. The van der Waals surface area contributed by atoms with Gasteiger partial charge in [-0.3, -0.25) is 9.69 Å². The molecule has 1 rings (SSSR count). The minimum absolute atomic E-state index is 0.203. The number of primary amides is 1. The molecule has 4 heteroatoms. The number of hydrogen-bond donors (Lipinski definition) is 2. The third kappa shape index (κ3) is 4.62. The predicted molar refractivity (Wildman–Crippen MR) is 61.3 cm³/mol. The Bertz CT molecular complexity index is 190. The van der Waals surface area contributed by atoms with Gasteiger partial charge >= 0.3 is 0 Å². The molecule has 1 aliphatic rings. The molecule has 0 saturated heterocycles. The second-order valence-corrected chi connectivity index (χ2v) is 4.33. The highest BCUT2D eigenvalue weighted by molar-refractivity contribution is 5.73. The molecule has 0 unspecified atom stereocenters. The zero-order valence-electron chi connectivity index (χ0n) is 9.45. The first-order valence-electron chi connectivity index (χ1n) is 5.96. The van der Waals surface area contributed by atoms with E-state index >= 15 is 0 Å². The van der Waals surface area contributed by atoms with Crippen LogP contribution >= 0.6 is 0 Å². The van der Waals surface area contributed by atoms with Crippen molar-refractivity contribution in [2.24, 2.45) is 11.5 Å². The van der Waals surface area contributed by atoms with E-state index in [4.69, 9.17) is 11.5 Å². The average Bonchev–Trinajstić information content (AvgIpc) is 2.71. The van der Waals surface area contributed by atoms with E-state index in [1.165, 1.54) is 25.7 Å². The van der Waals surface area contributed by atoms with Gasteiger partial charge in [-0.15, -0.1) is 0 Å². The van der Waals surface area contributed by atoms with Crippen LogP contribution < -0.4 is 11.5 Å². The van der Waals surface area contributed by atoms with Crippen molar-refractivity contribution in [3.8, 4) is 0 Å². The van der Waals surface area contributed by atoms with E-state index in [-0.39, 0.29) is 5.91 Å². The lowest BCUT2D eigenvalue weighted by Gasteiger charge is -2.28. The Hall–Kier alpha value is -0.610. The fourth-order valence-corrected chi connectivity index (χ4v) is 2.29. The molecule has 0 aliphatic heterocycles. The standard InChI is InChI=1S/C11H23N3O/c12-7-3-8-14(9-6-11(13)15)10-4-1-2-5-10/h10H,1-9,12H2,(H2,13,15). The monoisotopic (exact) mass is 213 g/mol. The maximum atomic E-state index is 10.8. The van der Waals surface area contributed by atoms with Gasteiger partial charge in [0.05, 0.1) is 0 Å². The number of nitrogens with two attached hydrogens (primary N) is 2. The molecule has 0 aromatic rings. The molecule has 0 spiro atoms. The Morgan fingerprint density at radius 3 is 2.47 bits per heavy atom. The Balaban J connectivity index is 2.33. The summed E-state index contributed by atoms with van der Waals surface area (Å²) >= 11 is 0. The minimum Gasteiger partial charge on any atom is -0.370 e. The number of rotatable bonds is 7. The maximum Gasteiger partial charge on any atom is 0.218 e. The lowest BCUT2D eigenvalue weighted by atomic mass is 10.2. The molecule has 4 nitrogen and oxygen atoms in total. The summed E-state index contributed by atoms with van der Waals surface area (Å²) in [6.45, 7) is 2.54. The van der Waals surface area contributed by atoms with E-state index in [1.807, 2.05) is 0 Å². The fourth-order valence-electron chi connectivity index (χ4n) is 2.29. The summed E-state index contributed by atoms with van der Waals surface area (Å²) in [7, 11) is 0. The van der Waals surface area contributed by atoms with Crippen molar-refractivity contribution >= 4 is 5.91 Å². The molecule has 0 aromatic carbocycles. The summed E-state index contributed by atoms with van der Waals surface area (Å²) in [4.78, 5) is 13.2. The average molecular weight is 213 g/mol. The molecule has 0 bridgehead atoms. The Labute approximate surface area is 92.0 Å². The van der Waals surface area contributed by atoms with Gasteiger partial charge in [-0.1, -0.05) is 12.8 Å². The predicted octanol–water partition coefficient (Wildman–Crippen LogP) is 0.455. The van der Waals surface area contributed by atoms with Crippen LogP contribution in [0.2, 0.25) is 0 Å². The van der Waals surface area contributed by atoms with E-state index in [2.05, 4.69) is 4.90 Å². The second-order valence-electron chi connectivity index (χ2n) is 4.33. The van der Waals surface area contributed by atoms with Gasteiger partial charge in [-0.25, -0.2) is 0 Å². The molecule has 1 fully saturated rings. The second kappa shape index (κ2) is 6.80. The van der Waals surface area contributed by atoms with Crippen molar-refractivity contribution < 1.29 is 4.79 Å². The van der Waals surface area contributed by atoms with E-state index < -0.39 is 0 Å². The summed E-state index contributed by atoms with van der Waals surface area (Å²) in [6, 6.07) is 0.663. The zero-order chi connectivity index (χ0) is 11.1. The molecular weight excluding hydrogens is 190 g/mol. The Morgan fingerprint density at radius 1 is 1.27 bits per heavy atom. The number of nitrogens with zero attached hydrogens (tertiary/aromatic N) is 1. The van der Waals surface area contributed by atoms with Gasteiger partial charge in [0.15, 0.2) is 0 Å². The number of carbonyl (C=O) groups is 1. The quantitative estimate of drug-likeness (QED) is 0.645. The van der Waals surface area contributed by atoms with E-state index in [0.717, 1.165) is 26.1 Å². The molecule has 0 aromatic heterocycles. The summed E-state index contributed by atoms with van der Waals surface area (Å²) in [5.74, 6) is -0.203. The first-order chi connectivity index (χ1) is 7.24. The van der Waals surface area contributed by atoms with Crippen molar-refractivity contribution in [2.45, 2.75) is 44.6 Å². The SMILES string of the molecule is NCCCN(CCC(N)=O)C1CCCC1. The third-order valence-corrected chi connectivity index (χ3v) is 3.14. The first-order valence-corrected chi connectivity index (χ1v) is 5.96. The van der Waals surface area contributed by atoms with Gasteiger partial charge in [0.2, 0.25) is 5.91 Å².